The average molecular weight is 290 g/mol. The molecule has 1 aliphatic carbocycles. The molecule has 3 rings (SSSR count). The number of rotatable bonds is 3. The third-order valence-electron chi connectivity index (χ3n) is 4.23. The van der Waals surface area contributed by atoms with Crippen LogP contribution in [0, 0.1) is 5.41 Å². The van der Waals surface area contributed by atoms with Gasteiger partial charge in [-0.1, -0.05) is 31.5 Å². The number of nitrogens with zero attached hydrogens (tertiary/aromatic N) is 2. The van der Waals surface area contributed by atoms with Crippen LogP contribution in [0.1, 0.15) is 36.8 Å². The summed E-state index contributed by atoms with van der Waals surface area (Å²) in [5, 5.41) is 4.47. The fraction of sp³-hybridized carbons (Fsp3) is 0.438. The highest BCUT2D eigenvalue weighted by Gasteiger charge is 2.38. The molecule has 0 aliphatic heterocycles. The molecule has 1 aliphatic rings. The number of hydrogen-bond donors (Lipinski definition) is 1. The van der Waals surface area contributed by atoms with E-state index in [1.165, 1.54) is 11.1 Å². The molecule has 0 spiro atoms. The number of fused-ring (bicyclic) bond motifs is 1. The predicted molar refractivity (Wildman–Crippen MR) is 81.7 cm³/mol. The number of aromatic nitrogens is 2. The van der Waals surface area contributed by atoms with Crippen molar-refractivity contribution in [1.82, 2.24) is 14.9 Å². The molecule has 0 fully saturated rings. The number of halogens is 1. The van der Waals surface area contributed by atoms with E-state index in [2.05, 4.69) is 36.3 Å². The van der Waals surface area contributed by atoms with Crippen LogP contribution in [-0.4, -0.2) is 9.55 Å². The van der Waals surface area contributed by atoms with Gasteiger partial charge in [0.25, 0.3) is 0 Å². The zero-order valence-corrected chi connectivity index (χ0v) is 12.9. The first-order valence-corrected chi connectivity index (χ1v) is 7.33. The molecule has 20 heavy (non-hydrogen) atoms. The maximum atomic E-state index is 6.16. The molecule has 1 N–H and O–H groups in total. The zero-order chi connectivity index (χ0) is 14.3. The Balaban J connectivity index is 1.85. The molecule has 1 unspecified atom stereocenters. The van der Waals surface area contributed by atoms with Gasteiger partial charge in [-0.3, -0.25) is 0 Å². The van der Waals surface area contributed by atoms with Gasteiger partial charge in [0.05, 0.1) is 6.54 Å². The number of aryl methyl sites for hydroxylation is 1. The summed E-state index contributed by atoms with van der Waals surface area (Å²) in [4.78, 5) is 4.37. The van der Waals surface area contributed by atoms with Crippen molar-refractivity contribution in [3.63, 3.8) is 0 Å². The third kappa shape index (κ3) is 2.36. The number of nitrogens with one attached hydrogen (secondary N) is 1. The van der Waals surface area contributed by atoms with E-state index in [0.29, 0.717) is 6.04 Å². The zero-order valence-electron chi connectivity index (χ0n) is 12.2. The van der Waals surface area contributed by atoms with E-state index in [0.717, 1.165) is 23.8 Å². The number of benzene rings is 1. The second-order valence-corrected chi connectivity index (χ2v) is 6.71. The van der Waals surface area contributed by atoms with Crippen LogP contribution in [0.5, 0.6) is 0 Å². The molecule has 1 atom stereocenters. The van der Waals surface area contributed by atoms with E-state index in [1.807, 2.05) is 30.1 Å². The summed E-state index contributed by atoms with van der Waals surface area (Å²) >= 11 is 6.16. The highest BCUT2D eigenvalue weighted by atomic mass is 35.5. The molecule has 0 amide bonds. The molecule has 2 aromatic rings. The van der Waals surface area contributed by atoms with E-state index < -0.39 is 0 Å². The monoisotopic (exact) mass is 289 g/mol. The quantitative estimate of drug-likeness (QED) is 0.937. The summed E-state index contributed by atoms with van der Waals surface area (Å²) in [7, 11) is 2.02. The highest BCUT2D eigenvalue weighted by molar-refractivity contribution is 6.30. The number of imidazole rings is 1. The summed E-state index contributed by atoms with van der Waals surface area (Å²) in [5.74, 6) is 1.05. The molecule has 1 aromatic carbocycles. The van der Waals surface area contributed by atoms with E-state index >= 15 is 0 Å². The molecule has 106 valence electrons. The molecule has 0 saturated carbocycles. The van der Waals surface area contributed by atoms with Crippen LogP contribution in [0.25, 0.3) is 0 Å². The average Bonchev–Trinajstić information content (AvgIpc) is 2.88. The Hall–Kier alpha value is -1.32. The lowest BCUT2D eigenvalue weighted by Gasteiger charge is -2.28. The van der Waals surface area contributed by atoms with Crippen molar-refractivity contribution in [2.75, 3.05) is 0 Å². The summed E-state index contributed by atoms with van der Waals surface area (Å²) in [5.41, 5.74) is 2.92. The molecular weight excluding hydrogens is 270 g/mol. The molecule has 0 radical (unpaired) electrons. The molecule has 4 heteroatoms. The smallest absolute Gasteiger partial charge is 0.122 e. The van der Waals surface area contributed by atoms with Crippen molar-refractivity contribution in [1.29, 1.82) is 0 Å². The van der Waals surface area contributed by atoms with Gasteiger partial charge in [0.15, 0.2) is 0 Å². The number of hydrogen-bond acceptors (Lipinski definition) is 2. The van der Waals surface area contributed by atoms with Crippen molar-refractivity contribution >= 4 is 11.6 Å². The van der Waals surface area contributed by atoms with Gasteiger partial charge >= 0.3 is 0 Å². The van der Waals surface area contributed by atoms with Crippen LogP contribution in [0.3, 0.4) is 0 Å². The van der Waals surface area contributed by atoms with Crippen molar-refractivity contribution in [3.05, 3.63) is 52.6 Å². The van der Waals surface area contributed by atoms with Gasteiger partial charge in [0.2, 0.25) is 0 Å². The van der Waals surface area contributed by atoms with Crippen molar-refractivity contribution in [2.45, 2.75) is 32.9 Å². The maximum Gasteiger partial charge on any atom is 0.122 e. The summed E-state index contributed by atoms with van der Waals surface area (Å²) in [6.45, 7) is 5.37. The van der Waals surface area contributed by atoms with E-state index in [9.17, 15) is 0 Å². The fourth-order valence-electron chi connectivity index (χ4n) is 3.16. The van der Waals surface area contributed by atoms with Crippen molar-refractivity contribution in [2.24, 2.45) is 12.5 Å². The third-order valence-corrected chi connectivity index (χ3v) is 4.47. The molecular formula is C16H20ClN3. The minimum atomic E-state index is 0.193. The van der Waals surface area contributed by atoms with Crippen LogP contribution < -0.4 is 5.32 Å². The van der Waals surface area contributed by atoms with E-state index in [1.54, 1.807) is 0 Å². The fourth-order valence-corrected chi connectivity index (χ4v) is 3.34. The topological polar surface area (TPSA) is 29.9 Å². The standard InChI is InChI=1S/C16H20ClN3/c1-16(2)9-11-4-5-12(17)8-13(11)15(16)19-10-14-18-6-7-20(14)3/h4-8,15,19H,9-10H2,1-3H3. The van der Waals surface area contributed by atoms with E-state index in [-0.39, 0.29) is 5.41 Å². The van der Waals surface area contributed by atoms with Gasteiger partial charge in [-0.25, -0.2) is 4.98 Å². The Morgan fingerprint density at radius 2 is 2.25 bits per heavy atom. The minimum absolute atomic E-state index is 0.193. The summed E-state index contributed by atoms with van der Waals surface area (Å²) in [6.07, 6.45) is 4.89. The Morgan fingerprint density at radius 1 is 1.45 bits per heavy atom. The highest BCUT2D eigenvalue weighted by Crippen LogP contribution is 2.45. The second-order valence-electron chi connectivity index (χ2n) is 6.28. The summed E-state index contributed by atoms with van der Waals surface area (Å²) in [6, 6.07) is 6.55. The Labute approximate surface area is 125 Å². The van der Waals surface area contributed by atoms with Gasteiger partial charge in [-0.15, -0.1) is 0 Å². The van der Waals surface area contributed by atoms with Crippen LogP contribution in [0.2, 0.25) is 5.02 Å². The first-order chi connectivity index (χ1) is 9.47. The lowest BCUT2D eigenvalue weighted by molar-refractivity contribution is 0.266. The lowest BCUT2D eigenvalue weighted by Crippen LogP contribution is -2.31. The molecule has 1 heterocycles. The van der Waals surface area contributed by atoms with Crippen LogP contribution in [0.4, 0.5) is 0 Å². The predicted octanol–water partition coefficient (Wildman–Crippen LogP) is 3.49. The van der Waals surface area contributed by atoms with Crippen molar-refractivity contribution in [3.8, 4) is 0 Å². The van der Waals surface area contributed by atoms with Gasteiger partial charge < -0.3 is 9.88 Å². The lowest BCUT2D eigenvalue weighted by atomic mass is 9.85. The Bertz CT molecular complexity index is 630. The van der Waals surface area contributed by atoms with Crippen LogP contribution >= 0.6 is 11.6 Å². The first-order valence-electron chi connectivity index (χ1n) is 6.95. The first kappa shape index (κ1) is 13.7. The maximum absolute atomic E-state index is 6.16. The Kier molecular flexibility index (Phi) is 3.35. The Morgan fingerprint density at radius 3 is 2.95 bits per heavy atom. The molecule has 0 saturated heterocycles. The largest absolute Gasteiger partial charge is 0.337 e. The SMILES string of the molecule is Cn1ccnc1CNC1c2cc(Cl)ccc2CC1(C)C. The van der Waals surface area contributed by atoms with Crippen LogP contribution in [-0.2, 0) is 20.0 Å². The molecule has 0 bridgehead atoms. The summed E-state index contributed by atoms with van der Waals surface area (Å²) < 4.78 is 2.05. The van der Waals surface area contributed by atoms with E-state index in [4.69, 9.17) is 11.6 Å². The van der Waals surface area contributed by atoms with Crippen molar-refractivity contribution < 1.29 is 0 Å². The molecule has 1 aromatic heterocycles. The van der Waals surface area contributed by atoms with Gasteiger partial charge in [0.1, 0.15) is 5.82 Å². The van der Waals surface area contributed by atoms with Gasteiger partial charge in [-0.05, 0) is 35.1 Å². The minimum Gasteiger partial charge on any atom is -0.337 e. The van der Waals surface area contributed by atoms with Gasteiger partial charge in [-0.2, -0.15) is 0 Å². The second kappa shape index (κ2) is 4.90. The normalized spacial score (nSPS) is 20.1. The molecule has 3 nitrogen and oxygen atoms in total. The van der Waals surface area contributed by atoms with Gasteiger partial charge in [0, 0.05) is 30.5 Å². The van der Waals surface area contributed by atoms with Crippen LogP contribution in [0.15, 0.2) is 30.6 Å².